The Bertz CT molecular complexity index is 658. The van der Waals surface area contributed by atoms with Crippen LogP contribution in [0.4, 0.5) is 0 Å². The molecule has 0 heterocycles. The molecule has 0 N–H and O–H groups in total. The number of fused-ring (bicyclic) bond motifs is 3. The van der Waals surface area contributed by atoms with E-state index in [1.807, 2.05) is 7.11 Å². The van der Waals surface area contributed by atoms with Gasteiger partial charge in [-0.05, 0) is 73.2 Å². The molecule has 1 aliphatic carbocycles. The third-order valence-corrected chi connectivity index (χ3v) is 5.16. The predicted octanol–water partition coefficient (Wildman–Crippen LogP) is 4.83. The number of ether oxygens (including phenoxy) is 1. The van der Waals surface area contributed by atoms with Gasteiger partial charge in [0.1, 0.15) is 5.75 Å². The first-order valence-corrected chi connectivity index (χ1v) is 9.10. The molecule has 2 heteroatoms. The molecule has 0 fully saturated rings. The van der Waals surface area contributed by atoms with E-state index in [2.05, 4.69) is 49.1 Å². The number of aryl methyl sites for hydroxylation is 1. The number of rotatable bonds is 6. The Hall–Kier alpha value is -1.54. The van der Waals surface area contributed by atoms with Crippen molar-refractivity contribution in [2.45, 2.75) is 52.0 Å². The molecule has 124 valence electrons. The topological polar surface area (TPSA) is 12.5 Å². The van der Waals surface area contributed by atoms with Gasteiger partial charge in [-0.25, -0.2) is 0 Å². The Morgan fingerprint density at radius 3 is 2.52 bits per heavy atom. The van der Waals surface area contributed by atoms with E-state index in [4.69, 9.17) is 4.74 Å². The maximum absolute atomic E-state index is 5.75. The first-order valence-electron chi connectivity index (χ1n) is 9.10. The number of hydrogen-bond donors (Lipinski definition) is 0. The molecule has 0 amide bonds. The van der Waals surface area contributed by atoms with Gasteiger partial charge in [-0.15, -0.1) is 0 Å². The third-order valence-electron chi connectivity index (χ3n) is 5.16. The van der Waals surface area contributed by atoms with Crippen molar-refractivity contribution in [1.29, 1.82) is 0 Å². The molecular formula is C21H29NO. The average Bonchev–Trinajstić information content (AvgIpc) is 2.60. The van der Waals surface area contributed by atoms with Gasteiger partial charge >= 0.3 is 0 Å². The summed E-state index contributed by atoms with van der Waals surface area (Å²) < 4.78 is 5.75. The van der Waals surface area contributed by atoms with E-state index in [0.29, 0.717) is 6.04 Å². The maximum atomic E-state index is 5.75. The molecule has 2 aromatic rings. The van der Waals surface area contributed by atoms with Crippen LogP contribution in [-0.4, -0.2) is 31.1 Å². The number of nitrogens with zero attached hydrogens (tertiary/aromatic N) is 1. The van der Waals surface area contributed by atoms with Crippen LogP contribution in [0, 0.1) is 0 Å². The lowest BCUT2D eigenvalue weighted by Gasteiger charge is -2.36. The van der Waals surface area contributed by atoms with Crippen LogP contribution in [0.25, 0.3) is 10.8 Å². The number of benzene rings is 2. The number of hydrogen-bond acceptors (Lipinski definition) is 2. The molecular weight excluding hydrogens is 282 g/mol. The average molecular weight is 311 g/mol. The molecule has 0 spiro atoms. The van der Waals surface area contributed by atoms with Gasteiger partial charge in [0.2, 0.25) is 0 Å². The van der Waals surface area contributed by atoms with E-state index in [-0.39, 0.29) is 0 Å². The van der Waals surface area contributed by atoms with Gasteiger partial charge in [-0.2, -0.15) is 0 Å². The van der Waals surface area contributed by atoms with Crippen LogP contribution in [0.2, 0.25) is 0 Å². The first-order chi connectivity index (χ1) is 11.3. The molecule has 1 aliphatic rings. The van der Waals surface area contributed by atoms with Crippen LogP contribution in [0.3, 0.4) is 0 Å². The predicted molar refractivity (Wildman–Crippen MR) is 98.5 cm³/mol. The van der Waals surface area contributed by atoms with Crippen LogP contribution < -0.4 is 4.74 Å². The van der Waals surface area contributed by atoms with E-state index >= 15 is 0 Å². The van der Waals surface area contributed by atoms with Gasteiger partial charge in [0.15, 0.2) is 0 Å². The molecule has 3 rings (SSSR count). The lowest BCUT2D eigenvalue weighted by Crippen LogP contribution is -2.40. The highest BCUT2D eigenvalue weighted by atomic mass is 16.5. The monoisotopic (exact) mass is 311 g/mol. The van der Waals surface area contributed by atoms with Gasteiger partial charge < -0.3 is 9.64 Å². The van der Waals surface area contributed by atoms with Crippen molar-refractivity contribution in [3.05, 3.63) is 41.5 Å². The van der Waals surface area contributed by atoms with Gasteiger partial charge in [0.25, 0.3) is 0 Å². The van der Waals surface area contributed by atoms with Crippen LogP contribution in [0.1, 0.15) is 44.2 Å². The molecule has 0 aliphatic heterocycles. The summed E-state index contributed by atoms with van der Waals surface area (Å²) in [5.41, 5.74) is 2.96. The van der Waals surface area contributed by atoms with Crippen molar-refractivity contribution in [2.24, 2.45) is 0 Å². The Morgan fingerprint density at radius 1 is 1.09 bits per heavy atom. The van der Waals surface area contributed by atoms with Gasteiger partial charge in [-0.1, -0.05) is 38.1 Å². The fourth-order valence-electron chi connectivity index (χ4n) is 4.14. The summed E-state index contributed by atoms with van der Waals surface area (Å²) in [4.78, 5) is 2.69. The highest BCUT2D eigenvalue weighted by Crippen LogP contribution is 2.37. The van der Waals surface area contributed by atoms with Crippen molar-refractivity contribution in [3.63, 3.8) is 0 Å². The minimum absolute atomic E-state index is 0.664. The van der Waals surface area contributed by atoms with E-state index < -0.39 is 0 Å². The highest BCUT2D eigenvalue weighted by Gasteiger charge is 2.27. The first kappa shape index (κ1) is 16.3. The molecule has 23 heavy (non-hydrogen) atoms. The van der Waals surface area contributed by atoms with Crippen molar-refractivity contribution >= 4 is 10.8 Å². The summed E-state index contributed by atoms with van der Waals surface area (Å²) >= 11 is 0. The fourth-order valence-corrected chi connectivity index (χ4v) is 4.14. The highest BCUT2D eigenvalue weighted by molar-refractivity contribution is 5.89. The molecule has 0 aromatic heterocycles. The SMILES string of the molecule is CCCN(CCC)C1CCc2c(c(OC)cc3ccccc23)C1. The summed E-state index contributed by atoms with van der Waals surface area (Å²) in [6.07, 6.45) is 6.03. The largest absolute Gasteiger partial charge is 0.496 e. The Balaban J connectivity index is 1.97. The second-order valence-electron chi connectivity index (χ2n) is 6.69. The lowest BCUT2D eigenvalue weighted by molar-refractivity contribution is 0.179. The molecule has 0 bridgehead atoms. The summed E-state index contributed by atoms with van der Waals surface area (Å²) in [7, 11) is 1.81. The van der Waals surface area contributed by atoms with E-state index in [9.17, 15) is 0 Å². The van der Waals surface area contributed by atoms with Crippen LogP contribution in [0.15, 0.2) is 30.3 Å². The third kappa shape index (κ3) is 3.23. The zero-order valence-electron chi connectivity index (χ0n) is 14.8. The summed E-state index contributed by atoms with van der Waals surface area (Å²) in [6, 6.07) is 11.6. The second kappa shape index (κ2) is 7.35. The van der Waals surface area contributed by atoms with Crippen LogP contribution in [-0.2, 0) is 12.8 Å². The smallest absolute Gasteiger partial charge is 0.123 e. The van der Waals surface area contributed by atoms with Gasteiger partial charge in [-0.3, -0.25) is 0 Å². The van der Waals surface area contributed by atoms with Gasteiger partial charge in [0.05, 0.1) is 7.11 Å². The minimum Gasteiger partial charge on any atom is -0.496 e. The van der Waals surface area contributed by atoms with Crippen molar-refractivity contribution < 1.29 is 4.74 Å². The zero-order valence-corrected chi connectivity index (χ0v) is 14.8. The molecule has 1 atom stereocenters. The molecule has 0 radical (unpaired) electrons. The molecule has 2 nitrogen and oxygen atoms in total. The number of methoxy groups -OCH3 is 1. The fraction of sp³-hybridized carbons (Fsp3) is 0.524. The second-order valence-corrected chi connectivity index (χ2v) is 6.69. The Kier molecular flexibility index (Phi) is 5.22. The molecule has 0 saturated carbocycles. The van der Waals surface area contributed by atoms with Crippen LogP contribution >= 0.6 is 0 Å². The minimum atomic E-state index is 0.664. The Labute approximate surface area is 140 Å². The van der Waals surface area contributed by atoms with E-state index in [0.717, 1.165) is 12.2 Å². The normalized spacial score (nSPS) is 17.5. The van der Waals surface area contributed by atoms with E-state index in [1.165, 1.54) is 60.7 Å². The maximum Gasteiger partial charge on any atom is 0.123 e. The zero-order chi connectivity index (χ0) is 16.2. The van der Waals surface area contributed by atoms with Crippen molar-refractivity contribution in [2.75, 3.05) is 20.2 Å². The van der Waals surface area contributed by atoms with Crippen molar-refractivity contribution in [3.8, 4) is 5.75 Å². The summed E-state index contributed by atoms with van der Waals surface area (Å²) in [5.74, 6) is 1.08. The molecule has 2 aromatic carbocycles. The summed E-state index contributed by atoms with van der Waals surface area (Å²) in [5, 5.41) is 2.72. The standard InChI is InChI=1S/C21H29NO/c1-4-12-22(13-5-2)17-10-11-19-18-9-7-6-8-16(18)14-21(23-3)20(19)15-17/h6-9,14,17H,4-5,10-13,15H2,1-3H3. The molecule has 1 unspecified atom stereocenters. The van der Waals surface area contributed by atoms with E-state index in [1.54, 1.807) is 0 Å². The van der Waals surface area contributed by atoms with Gasteiger partial charge in [0, 0.05) is 6.04 Å². The molecule has 0 saturated heterocycles. The summed E-state index contributed by atoms with van der Waals surface area (Å²) in [6.45, 7) is 6.99. The van der Waals surface area contributed by atoms with Crippen LogP contribution in [0.5, 0.6) is 5.75 Å². The quantitative estimate of drug-likeness (QED) is 0.758. The lowest BCUT2D eigenvalue weighted by atomic mass is 9.83. The Morgan fingerprint density at radius 2 is 1.83 bits per heavy atom. The van der Waals surface area contributed by atoms with Crippen molar-refractivity contribution in [1.82, 2.24) is 4.90 Å².